The predicted octanol–water partition coefficient (Wildman–Crippen LogP) is 4.24. The SMILES string of the molecule is CCOCCCn1c(O)c(C(=O)C(C)Oc2cc(C)ccc2C(C)C)c(C)c(C#N)c1=O. The smallest absolute Gasteiger partial charge is 0.271 e. The van der Waals surface area contributed by atoms with Gasteiger partial charge in [0, 0.05) is 19.8 Å². The van der Waals surface area contributed by atoms with Gasteiger partial charge in [-0.15, -0.1) is 0 Å². The molecule has 32 heavy (non-hydrogen) atoms. The molecule has 1 aromatic carbocycles. The molecule has 0 saturated heterocycles. The number of nitrogens with zero attached hydrogens (tertiary/aromatic N) is 2. The highest BCUT2D eigenvalue weighted by atomic mass is 16.5. The van der Waals surface area contributed by atoms with E-state index in [-0.39, 0.29) is 29.2 Å². The molecule has 2 aromatic rings. The molecule has 0 aliphatic heterocycles. The van der Waals surface area contributed by atoms with Crippen LogP contribution in [0.25, 0.3) is 0 Å². The average molecular weight is 441 g/mol. The van der Waals surface area contributed by atoms with Crippen molar-refractivity contribution in [2.45, 2.75) is 66.5 Å². The van der Waals surface area contributed by atoms with Gasteiger partial charge in [0.25, 0.3) is 5.56 Å². The number of Topliss-reactive ketones (excluding diaryl/α,β-unsaturated/α-hetero) is 1. The van der Waals surface area contributed by atoms with E-state index in [1.54, 1.807) is 6.92 Å². The molecule has 0 spiro atoms. The number of pyridine rings is 1. The number of nitriles is 1. The van der Waals surface area contributed by atoms with Crippen molar-refractivity contribution in [2.75, 3.05) is 13.2 Å². The van der Waals surface area contributed by atoms with E-state index in [0.717, 1.165) is 15.7 Å². The minimum Gasteiger partial charge on any atom is -0.494 e. The lowest BCUT2D eigenvalue weighted by molar-refractivity contribution is 0.0810. The van der Waals surface area contributed by atoms with E-state index in [2.05, 4.69) is 0 Å². The molecule has 0 aliphatic carbocycles. The Kier molecular flexibility index (Phi) is 8.62. The number of carbonyl (C=O) groups is 1. The number of hydrogen-bond acceptors (Lipinski definition) is 6. The lowest BCUT2D eigenvalue weighted by Gasteiger charge is -2.21. The zero-order valence-corrected chi connectivity index (χ0v) is 19.7. The normalized spacial score (nSPS) is 11.9. The number of aryl methyl sites for hydroxylation is 1. The molecule has 0 saturated carbocycles. The van der Waals surface area contributed by atoms with Gasteiger partial charge in [0.15, 0.2) is 6.10 Å². The van der Waals surface area contributed by atoms with Crippen LogP contribution in [0.4, 0.5) is 0 Å². The van der Waals surface area contributed by atoms with Crippen LogP contribution < -0.4 is 10.3 Å². The second-order valence-corrected chi connectivity index (χ2v) is 8.14. The maximum Gasteiger partial charge on any atom is 0.271 e. The van der Waals surface area contributed by atoms with E-state index in [0.29, 0.717) is 25.4 Å². The summed E-state index contributed by atoms with van der Waals surface area (Å²) in [5, 5.41) is 20.4. The van der Waals surface area contributed by atoms with Gasteiger partial charge in [-0.3, -0.25) is 14.2 Å². The molecule has 7 nitrogen and oxygen atoms in total. The van der Waals surface area contributed by atoms with Crippen molar-refractivity contribution in [1.29, 1.82) is 5.26 Å². The molecule has 0 amide bonds. The van der Waals surface area contributed by atoms with Crippen LogP contribution >= 0.6 is 0 Å². The van der Waals surface area contributed by atoms with E-state index in [9.17, 15) is 20.0 Å². The number of rotatable bonds is 10. The Hall–Kier alpha value is -3.11. The minimum absolute atomic E-state index is 0.0659. The first-order valence-corrected chi connectivity index (χ1v) is 10.9. The molecule has 0 radical (unpaired) electrons. The molecular formula is C25H32N2O5. The first kappa shape index (κ1) is 25.2. The molecule has 1 aromatic heterocycles. The van der Waals surface area contributed by atoms with Gasteiger partial charge >= 0.3 is 0 Å². The van der Waals surface area contributed by atoms with Crippen LogP contribution in [-0.2, 0) is 11.3 Å². The molecule has 2 rings (SSSR count). The molecular weight excluding hydrogens is 408 g/mol. The second kappa shape index (κ2) is 11.0. The zero-order valence-electron chi connectivity index (χ0n) is 19.7. The first-order valence-electron chi connectivity index (χ1n) is 10.9. The molecule has 0 bridgehead atoms. The van der Waals surface area contributed by atoms with Crippen molar-refractivity contribution in [1.82, 2.24) is 4.57 Å². The molecule has 1 N–H and O–H groups in total. The number of aromatic hydroxyl groups is 1. The van der Waals surface area contributed by atoms with Gasteiger partial charge in [-0.2, -0.15) is 5.26 Å². The maximum atomic E-state index is 13.3. The fourth-order valence-electron chi connectivity index (χ4n) is 3.59. The number of carbonyl (C=O) groups excluding carboxylic acids is 1. The van der Waals surface area contributed by atoms with E-state index in [1.807, 2.05) is 52.0 Å². The number of ether oxygens (including phenoxy) is 2. The number of benzene rings is 1. The maximum absolute atomic E-state index is 13.3. The monoisotopic (exact) mass is 440 g/mol. The fraction of sp³-hybridized carbons (Fsp3) is 0.480. The number of aromatic nitrogens is 1. The van der Waals surface area contributed by atoms with Crippen LogP contribution in [-0.4, -0.2) is 34.8 Å². The third-order valence-corrected chi connectivity index (χ3v) is 5.39. The van der Waals surface area contributed by atoms with E-state index >= 15 is 0 Å². The van der Waals surface area contributed by atoms with E-state index < -0.39 is 23.3 Å². The third-order valence-electron chi connectivity index (χ3n) is 5.39. The van der Waals surface area contributed by atoms with Gasteiger partial charge in [-0.1, -0.05) is 26.0 Å². The Bertz CT molecular complexity index is 1080. The van der Waals surface area contributed by atoms with Crippen molar-refractivity contribution in [3.05, 3.63) is 56.4 Å². The van der Waals surface area contributed by atoms with Crippen LogP contribution in [0.5, 0.6) is 11.6 Å². The Morgan fingerprint density at radius 3 is 2.53 bits per heavy atom. The summed E-state index contributed by atoms with van der Waals surface area (Å²) in [6.45, 7) is 12.0. The standard InChI is InChI=1S/C25H32N2O5/c1-7-31-12-8-11-27-24(29)20(14-26)17(5)22(25(27)30)23(28)18(6)32-21-13-16(4)9-10-19(21)15(2)3/h9-10,13,15,18,30H,7-8,11-12H2,1-6H3. The van der Waals surface area contributed by atoms with Crippen LogP contribution in [0.2, 0.25) is 0 Å². The van der Waals surface area contributed by atoms with Gasteiger partial charge in [-0.05, 0) is 62.8 Å². The minimum atomic E-state index is -0.931. The van der Waals surface area contributed by atoms with Gasteiger partial charge in [0.05, 0.1) is 5.56 Å². The van der Waals surface area contributed by atoms with Crippen molar-refractivity contribution in [2.24, 2.45) is 0 Å². The fourth-order valence-corrected chi connectivity index (χ4v) is 3.59. The van der Waals surface area contributed by atoms with Gasteiger partial charge in [0.2, 0.25) is 11.7 Å². The van der Waals surface area contributed by atoms with Crippen molar-refractivity contribution < 1.29 is 19.4 Å². The lowest BCUT2D eigenvalue weighted by Crippen LogP contribution is -2.31. The topological polar surface area (TPSA) is 102 Å². The first-order chi connectivity index (χ1) is 15.1. The highest BCUT2D eigenvalue weighted by Gasteiger charge is 2.28. The highest BCUT2D eigenvalue weighted by molar-refractivity contribution is 6.03. The van der Waals surface area contributed by atoms with Crippen LogP contribution in [0.1, 0.15) is 72.6 Å². The Balaban J connectivity index is 2.46. The lowest BCUT2D eigenvalue weighted by atomic mass is 9.98. The van der Waals surface area contributed by atoms with E-state index in [1.165, 1.54) is 6.92 Å². The van der Waals surface area contributed by atoms with Gasteiger partial charge in [0.1, 0.15) is 17.4 Å². The second-order valence-electron chi connectivity index (χ2n) is 8.14. The molecule has 1 atom stereocenters. The van der Waals surface area contributed by atoms with Crippen LogP contribution in [0.15, 0.2) is 23.0 Å². The summed E-state index contributed by atoms with van der Waals surface area (Å²) < 4.78 is 12.4. The summed E-state index contributed by atoms with van der Waals surface area (Å²) >= 11 is 0. The largest absolute Gasteiger partial charge is 0.494 e. The summed E-state index contributed by atoms with van der Waals surface area (Å²) in [5.74, 6) is -0.146. The predicted molar refractivity (Wildman–Crippen MR) is 123 cm³/mol. The summed E-state index contributed by atoms with van der Waals surface area (Å²) in [6, 6.07) is 7.72. The molecule has 7 heteroatoms. The van der Waals surface area contributed by atoms with Crippen LogP contribution in [0, 0.1) is 25.2 Å². The Labute approximate surface area is 189 Å². The highest BCUT2D eigenvalue weighted by Crippen LogP contribution is 2.30. The molecule has 0 aliphatic rings. The number of ketones is 1. The molecule has 1 heterocycles. The molecule has 0 fully saturated rings. The Morgan fingerprint density at radius 2 is 1.94 bits per heavy atom. The van der Waals surface area contributed by atoms with Gasteiger partial charge in [-0.25, -0.2) is 0 Å². The summed E-state index contributed by atoms with van der Waals surface area (Å²) in [7, 11) is 0. The zero-order chi connectivity index (χ0) is 24.0. The van der Waals surface area contributed by atoms with Crippen molar-refractivity contribution in [3.8, 4) is 17.7 Å². The third kappa shape index (κ3) is 5.38. The van der Waals surface area contributed by atoms with E-state index in [4.69, 9.17) is 9.47 Å². The average Bonchev–Trinajstić information content (AvgIpc) is 2.73. The summed E-state index contributed by atoms with van der Waals surface area (Å²) in [6.07, 6.45) is -0.476. The summed E-state index contributed by atoms with van der Waals surface area (Å²) in [5.41, 5.74) is 1.28. The summed E-state index contributed by atoms with van der Waals surface area (Å²) in [4.78, 5) is 26.0. The Morgan fingerprint density at radius 1 is 1.25 bits per heavy atom. The quantitative estimate of drug-likeness (QED) is 0.438. The van der Waals surface area contributed by atoms with Gasteiger partial charge < -0.3 is 14.6 Å². The number of hydrogen-bond donors (Lipinski definition) is 1. The van der Waals surface area contributed by atoms with Crippen LogP contribution in [0.3, 0.4) is 0 Å². The van der Waals surface area contributed by atoms with Crippen molar-refractivity contribution >= 4 is 5.78 Å². The molecule has 172 valence electrons. The van der Waals surface area contributed by atoms with Crippen molar-refractivity contribution in [3.63, 3.8) is 0 Å². The molecule has 1 unspecified atom stereocenters.